The van der Waals surface area contributed by atoms with Crippen LogP contribution in [0.4, 0.5) is 0 Å². The zero-order chi connectivity index (χ0) is 14.3. The van der Waals surface area contributed by atoms with Crippen LogP contribution in [-0.4, -0.2) is 31.0 Å². The van der Waals surface area contributed by atoms with Crippen LogP contribution in [0.15, 0.2) is 18.3 Å². The number of sulfone groups is 1. The average molecular weight is 293 g/mol. The largest absolute Gasteiger partial charge is 0.481 e. The van der Waals surface area contributed by atoms with Gasteiger partial charge in [0.2, 0.25) is 5.88 Å². The van der Waals surface area contributed by atoms with Crippen molar-refractivity contribution in [2.45, 2.75) is 43.1 Å². The minimum Gasteiger partial charge on any atom is -0.481 e. The van der Waals surface area contributed by atoms with E-state index in [1.165, 1.54) is 0 Å². The Morgan fingerprint density at radius 3 is 2.80 bits per heavy atom. The van der Waals surface area contributed by atoms with Gasteiger partial charge in [0.25, 0.3) is 0 Å². The van der Waals surface area contributed by atoms with E-state index in [0.29, 0.717) is 12.3 Å². The highest BCUT2D eigenvalue weighted by Crippen LogP contribution is 2.39. The van der Waals surface area contributed by atoms with E-state index in [0.717, 1.165) is 36.0 Å². The van der Waals surface area contributed by atoms with Crippen molar-refractivity contribution >= 4 is 15.4 Å². The Balaban J connectivity index is 2.00. The molecule has 108 valence electrons. The number of allylic oxidation sites excluding steroid dienone is 1. The van der Waals surface area contributed by atoms with Gasteiger partial charge in [-0.05, 0) is 43.4 Å². The van der Waals surface area contributed by atoms with Crippen molar-refractivity contribution < 1.29 is 13.2 Å². The first-order valence-electron chi connectivity index (χ1n) is 6.97. The number of aryl methyl sites for hydroxylation is 1. The smallest absolute Gasteiger partial charge is 0.215 e. The third kappa shape index (κ3) is 2.14. The Morgan fingerprint density at radius 1 is 1.35 bits per heavy atom. The van der Waals surface area contributed by atoms with Gasteiger partial charge in [0, 0.05) is 11.8 Å². The molecule has 2 unspecified atom stereocenters. The number of fused-ring (bicyclic) bond motifs is 2. The van der Waals surface area contributed by atoms with Gasteiger partial charge in [-0.15, -0.1) is 0 Å². The average Bonchev–Trinajstić information content (AvgIpc) is 2.37. The van der Waals surface area contributed by atoms with Gasteiger partial charge < -0.3 is 4.74 Å². The Hall–Kier alpha value is -1.36. The second-order valence-electron chi connectivity index (χ2n) is 5.63. The Bertz CT molecular complexity index is 664. The Labute approximate surface area is 119 Å². The summed E-state index contributed by atoms with van der Waals surface area (Å²) in [5, 5.41) is -0.504. The number of rotatable bonds is 2. The maximum Gasteiger partial charge on any atom is 0.215 e. The first-order chi connectivity index (χ1) is 9.52. The van der Waals surface area contributed by atoms with Crippen LogP contribution < -0.4 is 4.74 Å². The topological polar surface area (TPSA) is 56.3 Å². The molecule has 0 saturated carbocycles. The predicted octanol–water partition coefficient (Wildman–Crippen LogP) is 2.52. The van der Waals surface area contributed by atoms with E-state index in [1.807, 2.05) is 19.1 Å². The summed E-state index contributed by atoms with van der Waals surface area (Å²) in [6.07, 6.45) is 6.90. The van der Waals surface area contributed by atoms with Gasteiger partial charge in [-0.2, -0.15) is 0 Å². The Morgan fingerprint density at radius 2 is 2.15 bits per heavy atom. The molecule has 0 aliphatic carbocycles. The van der Waals surface area contributed by atoms with Crippen LogP contribution in [0.1, 0.15) is 36.8 Å². The third-order valence-electron chi connectivity index (χ3n) is 4.33. The van der Waals surface area contributed by atoms with Crippen LogP contribution in [0.3, 0.4) is 0 Å². The van der Waals surface area contributed by atoms with Gasteiger partial charge in [0.15, 0.2) is 9.84 Å². The molecule has 0 N–H and O–H groups in total. The second kappa shape index (κ2) is 4.88. The van der Waals surface area contributed by atoms with Crippen molar-refractivity contribution in [1.82, 2.24) is 4.98 Å². The van der Waals surface area contributed by atoms with Gasteiger partial charge in [-0.1, -0.05) is 12.5 Å². The maximum atomic E-state index is 12.3. The zero-order valence-corrected chi connectivity index (χ0v) is 12.6. The molecule has 1 aromatic rings. The number of pyridine rings is 1. The molecular formula is C15H19NO3S. The summed E-state index contributed by atoms with van der Waals surface area (Å²) in [4.78, 5) is 4.29. The van der Waals surface area contributed by atoms with E-state index >= 15 is 0 Å². The first kappa shape index (κ1) is 13.6. The van der Waals surface area contributed by atoms with E-state index in [9.17, 15) is 8.42 Å². The molecule has 20 heavy (non-hydrogen) atoms. The minimum atomic E-state index is -2.95. The standard InChI is InChI=1S/C15H19NO3S/c1-10-6-12(9-16-15(10)19-2)11-7-13-4-3-5-14(8-11)20(13,17)18/h6-7,9,13-14H,3-5,8H2,1-2H3. The summed E-state index contributed by atoms with van der Waals surface area (Å²) in [5.41, 5.74) is 3.12. The molecule has 2 aliphatic heterocycles. The number of hydrogen-bond donors (Lipinski definition) is 0. The highest BCUT2D eigenvalue weighted by molar-refractivity contribution is 7.93. The van der Waals surface area contributed by atoms with Gasteiger partial charge >= 0.3 is 0 Å². The third-order valence-corrected chi connectivity index (χ3v) is 6.88. The summed E-state index contributed by atoms with van der Waals surface area (Å²) >= 11 is 0. The van der Waals surface area contributed by atoms with Crippen molar-refractivity contribution in [2.24, 2.45) is 0 Å². The normalized spacial score (nSPS) is 27.8. The highest BCUT2D eigenvalue weighted by Gasteiger charge is 2.40. The molecule has 0 spiro atoms. The van der Waals surface area contributed by atoms with Crippen LogP contribution in [0.2, 0.25) is 0 Å². The summed E-state index contributed by atoms with van der Waals surface area (Å²) < 4.78 is 29.7. The number of aromatic nitrogens is 1. The summed E-state index contributed by atoms with van der Waals surface area (Å²) in [7, 11) is -1.35. The number of hydrogen-bond acceptors (Lipinski definition) is 4. The summed E-state index contributed by atoms with van der Waals surface area (Å²) in [5.74, 6) is 0.623. The van der Waals surface area contributed by atoms with E-state index < -0.39 is 9.84 Å². The molecule has 3 rings (SSSR count). The lowest BCUT2D eigenvalue weighted by atomic mass is 9.93. The van der Waals surface area contributed by atoms with Gasteiger partial charge in [-0.25, -0.2) is 13.4 Å². The second-order valence-corrected chi connectivity index (χ2v) is 8.08. The zero-order valence-electron chi connectivity index (χ0n) is 11.8. The van der Waals surface area contributed by atoms with E-state index in [-0.39, 0.29) is 10.5 Å². The molecule has 0 amide bonds. The van der Waals surface area contributed by atoms with E-state index in [2.05, 4.69) is 4.98 Å². The minimum absolute atomic E-state index is 0.205. The number of methoxy groups -OCH3 is 1. The van der Waals surface area contributed by atoms with Crippen LogP contribution in [-0.2, 0) is 9.84 Å². The monoisotopic (exact) mass is 293 g/mol. The number of nitrogens with zero attached hydrogens (tertiary/aromatic N) is 1. The maximum absolute atomic E-state index is 12.3. The lowest BCUT2D eigenvalue weighted by Gasteiger charge is -2.33. The lowest BCUT2D eigenvalue weighted by Crippen LogP contribution is -2.38. The fourth-order valence-electron chi connectivity index (χ4n) is 3.22. The molecule has 2 aliphatic rings. The van der Waals surface area contributed by atoms with Crippen LogP contribution in [0, 0.1) is 6.92 Å². The molecule has 3 heterocycles. The SMILES string of the molecule is COc1ncc(C2=CC3CCCC(C2)S3(=O)=O)cc1C. The molecule has 1 aromatic heterocycles. The fraction of sp³-hybridized carbons (Fsp3) is 0.533. The molecule has 1 fully saturated rings. The van der Waals surface area contributed by atoms with Crippen LogP contribution in [0.25, 0.3) is 5.57 Å². The van der Waals surface area contributed by atoms with Crippen LogP contribution in [0.5, 0.6) is 5.88 Å². The van der Waals surface area contributed by atoms with Crippen molar-refractivity contribution in [3.8, 4) is 5.88 Å². The molecule has 1 saturated heterocycles. The van der Waals surface area contributed by atoms with Crippen LogP contribution >= 0.6 is 0 Å². The fourth-order valence-corrected chi connectivity index (χ4v) is 5.47. The highest BCUT2D eigenvalue weighted by atomic mass is 32.2. The van der Waals surface area contributed by atoms with Crippen molar-refractivity contribution in [3.63, 3.8) is 0 Å². The molecule has 0 aromatic carbocycles. The van der Waals surface area contributed by atoms with Crippen molar-refractivity contribution in [3.05, 3.63) is 29.5 Å². The molecule has 5 heteroatoms. The quantitative estimate of drug-likeness (QED) is 0.840. The Kier molecular flexibility index (Phi) is 3.32. The first-order valence-corrected chi connectivity index (χ1v) is 8.57. The van der Waals surface area contributed by atoms with Gasteiger partial charge in [0.1, 0.15) is 0 Å². The molecule has 2 atom stereocenters. The molecular weight excluding hydrogens is 274 g/mol. The summed E-state index contributed by atoms with van der Waals surface area (Å²) in [6, 6.07) is 2.03. The molecule has 4 nitrogen and oxygen atoms in total. The van der Waals surface area contributed by atoms with Crippen molar-refractivity contribution in [2.75, 3.05) is 7.11 Å². The van der Waals surface area contributed by atoms with E-state index in [4.69, 9.17) is 4.74 Å². The van der Waals surface area contributed by atoms with E-state index in [1.54, 1.807) is 13.3 Å². The predicted molar refractivity (Wildman–Crippen MR) is 78.5 cm³/mol. The summed E-state index contributed by atoms with van der Waals surface area (Å²) in [6.45, 7) is 1.95. The van der Waals surface area contributed by atoms with Crippen molar-refractivity contribution in [1.29, 1.82) is 0 Å². The molecule has 2 bridgehead atoms. The van der Waals surface area contributed by atoms with Gasteiger partial charge in [-0.3, -0.25) is 0 Å². The molecule has 0 radical (unpaired) electrons. The van der Waals surface area contributed by atoms with Gasteiger partial charge in [0.05, 0.1) is 17.6 Å². The lowest BCUT2D eigenvalue weighted by molar-refractivity contribution is 0.394. The number of ether oxygens (including phenoxy) is 1.